The molecule has 5 heteroatoms. The van der Waals surface area contributed by atoms with Crippen LogP contribution in [0.3, 0.4) is 0 Å². The molecule has 0 spiro atoms. The maximum absolute atomic E-state index is 6.39. The van der Waals surface area contributed by atoms with Crippen LogP contribution >= 0.6 is 57.5 Å². The smallest absolute Gasteiger partial charge is 0.0994 e. The predicted octanol–water partition coefficient (Wildman–Crippen LogP) is 6.01. The Balaban J connectivity index is 2.31. The van der Waals surface area contributed by atoms with E-state index in [0.717, 1.165) is 16.9 Å². The van der Waals surface area contributed by atoms with Crippen LogP contribution in [0.4, 0.5) is 0 Å². The molecule has 2 aromatic heterocycles. The Hall–Kier alpha value is 0.270. The van der Waals surface area contributed by atoms with E-state index in [1.54, 1.807) is 11.3 Å². The third-order valence-electron chi connectivity index (χ3n) is 2.24. The largest absolute Gasteiger partial charge is 0.143 e. The molecule has 0 N–H and O–H groups in total. The normalized spacial score (nSPS) is 13.0. The second-order valence-electron chi connectivity index (χ2n) is 3.30. The van der Waals surface area contributed by atoms with Gasteiger partial charge < -0.3 is 0 Å². The van der Waals surface area contributed by atoms with Crippen molar-refractivity contribution in [2.24, 2.45) is 0 Å². The third-order valence-corrected chi connectivity index (χ3v) is 5.65. The molecule has 0 fully saturated rings. The van der Waals surface area contributed by atoms with E-state index in [9.17, 15) is 0 Å². The summed E-state index contributed by atoms with van der Waals surface area (Å²) in [5.41, 5.74) is 0.905. The number of aryl methyl sites for hydroxylation is 1. The van der Waals surface area contributed by atoms with E-state index in [2.05, 4.69) is 19.1 Å². The van der Waals surface area contributed by atoms with E-state index >= 15 is 0 Å². The van der Waals surface area contributed by atoms with Gasteiger partial charge in [0.1, 0.15) is 0 Å². The summed E-state index contributed by atoms with van der Waals surface area (Å²) >= 11 is 21.5. The molecule has 0 aliphatic carbocycles. The first kappa shape index (κ1) is 12.7. The number of hydrogen-bond donors (Lipinski definition) is 0. The van der Waals surface area contributed by atoms with Gasteiger partial charge in [-0.1, -0.05) is 30.1 Å². The molecule has 0 bridgehead atoms. The van der Waals surface area contributed by atoms with E-state index in [-0.39, 0.29) is 5.38 Å². The quantitative estimate of drug-likeness (QED) is 0.609. The van der Waals surface area contributed by atoms with Gasteiger partial charge in [-0.15, -0.1) is 34.3 Å². The molecule has 0 aromatic carbocycles. The first-order valence-corrected chi connectivity index (χ1v) is 7.61. The van der Waals surface area contributed by atoms with Crippen LogP contribution in [-0.2, 0) is 6.42 Å². The van der Waals surface area contributed by atoms with Gasteiger partial charge in [-0.2, -0.15) is 0 Å². The van der Waals surface area contributed by atoms with Crippen molar-refractivity contribution >= 4 is 57.5 Å². The van der Waals surface area contributed by atoms with Crippen LogP contribution in [0, 0.1) is 0 Å². The highest BCUT2D eigenvalue weighted by molar-refractivity contribution is 7.20. The fourth-order valence-corrected chi connectivity index (χ4v) is 4.38. The third kappa shape index (κ3) is 2.57. The van der Waals surface area contributed by atoms with Crippen molar-refractivity contribution in [1.82, 2.24) is 0 Å². The first-order chi connectivity index (χ1) is 7.61. The molecule has 2 rings (SSSR count). The maximum Gasteiger partial charge on any atom is 0.0994 e. The molecule has 0 aliphatic rings. The lowest BCUT2D eigenvalue weighted by molar-refractivity contribution is 1.19. The summed E-state index contributed by atoms with van der Waals surface area (Å²) in [5.74, 6) is 0. The average Bonchev–Trinajstić information content (AvgIpc) is 2.84. The SMILES string of the molecule is CCc1ccc(C(Cl)c2cc(Cl)sc2Cl)s1. The Bertz CT molecular complexity index is 487. The van der Waals surface area contributed by atoms with Gasteiger partial charge >= 0.3 is 0 Å². The highest BCUT2D eigenvalue weighted by atomic mass is 35.5. The van der Waals surface area contributed by atoms with Crippen molar-refractivity contribution in [2.45, 2.75) is 18.7 Å². The van der Waals surface area contributed by atoms with E-state index in [0.29, 0.717) is 8.67 Å². The average molecular weight is 312 g/mol. The molecule has 1 atom stereocenters. The Morgan fingerprint density at radius 2 is 2.00 bits per heavy atom. The lowest BCUT2D eigenvalue weighted by atomic mass is 10.2. The number of rotatable bonds is 3. The van der Waals surface area contributed by atoms with Crippen LogP contribution in [0.2, 0.25) is 8.67 Å². The molecule has 0 aliphatic heterocycles. The Morgan fingerprint density at radius 1 is 1.25 bits per heavy atom. The molecule has 1 unspecified atom stereocenters. The topological polar surface area (TPSA) is 0 Å². The standard InChI is InChI=1S/C11H9Cl3S2/c1-2-6-3-4-8(15-6)10(13)7-5-9(12)16-11(7)14/h3-5,10H,2H2,1H3. The van der Waals surface area contributed by atoms with Gasteiger partial charge in [0, 0.05) is 15.3 Å². The summed E-state index contributed by atoms with van der Waals surface area (Å²) in [6, 6.07) is 6.01. The van der Waals surface area contributed by atoms with Crippen LogP contribution < -0.4 is 0 Å². The van der Waals surface area contributed by atoms with Crippen LogP contribution in [0.1, 0.15) is 27.6 Å². The van der Waals surface area contributed by atoms with Crippen molar-refractivity contribution in [2.75, 3.05) is 0 Å². The molecule has 0 nitrogen and oxygen atoms in total. The number of alkyl halides is 1. The monoisotopic (exact) mass is 310 g/mol. The molecule has 16 heavy (non-hydrogen) atoms. The van der Waals surface area contributed by atoms with Gasteiger partial charge in [-0.3, -0.25) is 0 Å². The Labute approximate surface area is 118 Å². The highest BCUT2D eigenvalue weighted by Crippen LogP contribution is 2.42. The minimum absolute atomic E-state index is 0.193. The van der Waals surface area contributed by atoms with Crippen molar-refractivity contribution in [3.63, 3.8) is 0 Å². The predicted molar refractivity (Wildman–Crippen MR) is 75.7 cm³/mol. The van der Waals surface area contributed by atoms with Crippen molar-refractivity contribution in [3.8, 4) is 0 Å². The molecule has 0 amide bonds. The van der Waals surface area contributed by atoms with Crippen LogP contribution in [0.25, 0.3) is 0 Å². The summed E-state index contributed by atoms with van der Waals surface area (Å²) in [6.45, 7) is 2.13. The fourth-order valence-electron chi connectivity index (χ4n) is 1.40. The summed E-state index contributed by atoms with van der Waals surface area (Å²) in [4.78, 5) is 2.45. The zero-order chi connectivity index (χ0) is 11.7. The molecular weight excluding hydrogens is 303 g/mol. The van der Waals surface area contributed by atoms with Gasteiger partial charge in [-0.25, -0.2) is 0 Å². The summed E-state index contributed by atoms with van der Waals surface area (Å²) in [5, 5.41) is -0.193. The molecule has 0 radical (unpaired) electrons. The van der Waals surface area contributed by atoms with E-state index in [1.807, 2.05) is 6.07 Å². The molecular formula is C11H9Cl3S2. The number of thiophene rings is 2. The van der Waals surface area contributed by atoms with Crippen LogP contribution in [0.5, 0.6) is 0 Å². The summed E-state index contributed by atoms with van der Waals surface area (Å²) in [6.07, 6.45) is 1.03. The van der Waals surface area contributed by atoms with Crippen LogP contribution in [-0.4, -0.2) is 0 Å². The van der Waals surface area contributed by atoms with Crippen molar-refractivity contribution in [3.05, 3.63) is 42.2 Å². The minimum Gasteiger partial charge on any atom is -0.143 e. The maximum atomic E-state index is 6.39. The minimum atomic E-state index is -0.193. The number of halogens is 3. The molecule has 0 saturated heterocycles. The molecule has 86 valence electrons. The van der Waals surface area contributed by atoms with Gasteiger partial charge in [-0.05, 0) is 24.6 Å². The van der Waals surface area contributed by atoms with Crippen LogP contribution in [0.15, 0.2) is 18.2 Å². The van der Waals surface area contributed by atoms with Gasteiger partial charge in [0.25, 0.3) is 0 Å². The van der Waals surface area contributed by atoms with E-state index < -0.39 is 0 Å². The second-order valence-corrected chi connectivity index (χ2v) is 7.22. The fraction of sp³-hybridized carbons (Fsp3) is 0.273. The van der Waals surface area contributed by atoms with Crippen molar-refractivity contribution in [1.29, 1.82) is 0 Å². The van der Waals surface area contributed by atoms with Gasteiger partial charge in [0.15, 0.2) is 0 Å². The Kier molecular flexibility index (Phi) is 4.20. The summed E-state index contributed by atoms with van der Waals surface area (Å²) < 4.78 is 1.36. The van der Waals surface area contributed by atoms with Crippen molar-refractivity contribution < 1.29 is 0 Å². The highest BCUT2D eigenvalue weighted by Gasteiger charge is 2.18. The lowest BCUT2D eigenvalue weighted by Crippen LogP contribution is -1.87. The zero-order valence-corrected chi connectivity index (χ0v) is 12.4. The van der Waals surface area contributed by atoms with E-state index in [4.69, 9.17) is 34.8 Å². The molecule has 2 aromatic rings. The zero-order valence-electron chi connectivity index (χ0n) is 8.47. The Morgan fingerprint density at radius 3 is 2.50 bits per heavy atom. The number of hydrogen-bond acceptors (Lipinski definition) is 2. The second kappa shape index (κ2) is 5.28. The lowest BCUT2D eigenvalue weighted by Gasteiger charge is -2.05. The van der Waals surface area contributed by atoms with Gasteiger partial charge in [0.05, 0.1) is 14.0 Å². The molecule has 2 heterocycles. The molecule has 0 saturated carbocycles. The first-order valence-electron chi connectivity index (χ1n) is 4.79. The van der Waals surface area contributed by atoms with Gasteiger partial charge in [0.2, 0.25) is 0 Å². The van der Waals surface area contributed by atoms with E-state index in [1.165, 1.54) is 16.2 Å². The summed E-state index contributed by atoms with van der Waals surface area (Å²) in [7, 11) is 0.